The average Bonchev–Trinajstić information content (AvgIpc) is 3.17. The van der Waals surface area contributed by atoms with Crippen LogP contribution >= 0.6 is 12.4 Å². The third kappa shape index (κ3) is 4.60. The molecule has 1 aliphatic rings. The first-order valence-electron chi connectivity index (χ1n) is 8.16. The number of carbonyl (C=O) groups is 1. The highest BCUT2D eigenvalue weighted by Gasteiger charge is 2.31. The number of nitrogens with zero attached hydrogens (tertiary/aromatic N) is 2. The van der Waals surface area contributed by atoms with Gasteiger partial charge in [-0.3, -0.25) is 4.79 Å². The lowest BCUT2D eigenvalue weighted by molar-refractivity contribution is -0.137. The smallest absolute Gasteiger partial charge is 0.391 e. The summed E-state index contributed by atoms with van der Waals surface area (Å²) in [6.45, 7) is 3.03. The molecule has 3 rings (SSSR count). The topological polar surface area (TPSA) is 79.2 Å². The lowest BCUT2D eigenvalue weighted by Crippen LogP contribution is -2.34. The molecular weight excluding hydrogens is 385 g/mol. The summed E-state index contributed by atoms with van der Waals surface area (Å²) in [6.07, 6.45) is -3.63. The highest BCUT2D eigenvalue weighted by atomic mass is 35.5. The Kier molecular flexibility index (Phi) is 6.50. The van der Waals surface area contributed by atoms with Crippen molar-refractivity contribution in [3.63, 3.8) is 0 Å². The molecule has 2 aromatic rings. The van der Waals surface area contributed by atoms with Crippen LogP contribution in [0.25, 0.3) is 5.69 Å². The van der Waals surface area contributed by atoms with Gasteiger partial charge in [0, 0.05) is 25.6 Å². The van der Waals surface area contributed by atoms with Crippen molar-refractivity contribution in [2.75, 3.05) is 19.6 Å². The van der Waals surface area contributed by atoms with Crippen LogP contribution in [-0.4, -0.2) is 46.5 Å². The number of alkyl halides is 3. The number of nitrogens with one attached hydrogen (secondary N) is 2. The summed E-state index contributed by atoms with van der Waals surface area (Å²) in [5.41, 5.74) is 0.167. The second-order valence-electron chi connectivity index (χ2n) is 6.30. The number of carbonyl (C=O) groups excluding carboxylic acids is 1. The highest BCUT2D eigenvalue weighted by molar-refractivity contribution is 5.95. The summed E-state index contributed by atoms with van der Waals surface area (Å²) >= 11 is 0. The molecule has 0 bridgehead atoms. The van der Waals surface area contributed by atoms with E-state index in [9.17, 15) is 23.1 Å². The first-order valence-corrected chi connectivity index (χ1v) is 8.16. The van der Waals surface area contributed by atoms with Gasteiger partial charge in [0.05, 0.1) is 34.8 Å². The zero-order valence-corrected chi connectivity index (χ0v) is 15.3. The zero-order valence-electron chi connectivity index (χ0n) is 14.5. The van der Waals surface area contributed by atoms with E-state index in [4.69, 9.17) is 0 Å². The number of halogens is 4. The lowest BCUT2D eigenvalue weighted by Gasteiger charge is -2.14. The molecule has 148 valence electrons. The summed E-state index contributed by atoms with van der Waals surface area (Å²) in [7, 11) is 0. The normalized spacial score (nSPS) is 19.6. The Bertz CT molecular complexity index is 810. The van der Waals surface area contributed by atoms with E-state index < -0.39 is 17.8 Å². The number of amides is 1. The number of aromatic nitrogens is 2. The van der Waals surface area contributed by atoms with Gasteiger partial charge in [-0.05, 0) is 25.1 Å². The van der Waals surface area contributed by atoms with Gasteiger partial charge in [0.1, 0.15) is 0 Å². The van der Waals surface area contributed by atoms with Gasteiger partial charge in [0.15, 0.2) is 0 Å². The molecule has 6 nitrogen and oxygen atoms in total. The standard InChI is InChI=1S/C17H19F3N4O2.ClH/c1-10-14(16(26)22-7-11-6-21-9-15(11)25)8-23-24(10)13-4-2-3-12(5-13)17(18,19)20;/h2-5,8,11,15,21,25H,6-7,9H2,1H3,(H,22,26);1H. The van der Waals surface area contributed by atoms with Crippen LogP contribution in [0.2, 0.25) is 0 Å². The van der Waals surface area contributed by atoms with E-state index in [1.165, 1.54) is 23.0 Å². The van der Waals surface area contributed by atoms with Crippen LogP contribution in [0, 0.1) is 12.8 Å². The molecule has 1 fully saturated rings. The van der Waals surface area contributed by atoms with Crippen molar-refractivity contribution in [3.8, 4) is 5.69 Å². The van der Waals surface area contributed by atoms with Gasteiger partial charge in [-0.2, -0.15) is 18.3 Å². The van der Waals surface area contributed by atoms with Gasteiger partial charge in [0.25, 0.3) is 5.91 Å². The lowest BCUT2D eigenvalue weighted by atomic mass is 10.1. The summed E-state index contributed by atoms with van der Waals surface area (Å²) in [5.74, 6) is -0.447. The Morgan fingerprint density at radius 3 is 2.78 bits per heavy atom. The van der Waals surface area contributed by atoms with Crippen LogP contribution in [-0.2, 0) is 6.18 Å². The molecule has 0 radical (unpaired) electrons. The Hall–Kier alpha value is -2.10. The van der Waals surface area contributed by atoms with E-state index in [0.717, 1.165) is 12.1 Å². The van der Waals surface area contributed by atoms with Gasteiger partial charge >= 0.3 is 6.18 Å². The van der Waals surface area contributed by atoms with Crippen LogP contribution in [0.1, 0.15) is 21.6 Å². The number of hydrogen-bond donors (Lipinski definition) is 3. The van der Waals surface area contributed by atoms with Gasteiger partial charge in [-0.25, -0.2) is 4.68 Å². The van der Waals surface area contributed by atoms with E-state index >= 15 is 0 Å². The molecule has 0 saturated carbocycles. The third-order valence-corrected chi connectivity index (χ3v) is 4.50. The fourth-order valence-electron chi connectivity index (χ4n) is 2.95. The van der Waals surface area contributed by atoms with E-state index in [1.807, 2.05) is 0 Å². The number of β-amino-alcohol motifs (C(OH)–C–C–N with tert-alkyl or cyclic N) is 1. The summed E-state index contributed by atoms with van der Waals surface area (Å²) in [5, 5.41) is 19.6. The molecule has 1 amide bonds. The zero-order chi connectivity index (χ0) is 18.9. The van der Waals surface area contributed by atoms with E-state index in [0.29, 0.717) is 25.3 Å². The van der Waals surface area contributed by atoms with E-state index in [2.05, 4.69) is 15.7 Å². The average molecular weight is 405 g/mol. The number of rotatable bonds is 4. The van der Waals surface area contributed by atoms with Crippen molar-refractivity contribution in [1.29, 1.82) is 0 Å². The van der Waals surface area contributed by atoms with Crippen molar-refractivity contribution < 1.29 is 23.1 Å². The Labute approximate surface area is 160 Å². The minimum atomic E-state index is -4.45. The van der Waals surface area contributed by atoms with Crippen LogP contribution < -0.4 is 10.6 Å². The monoisotopic (exact) mass is 404 g/mol. The molecule has 10 heteroatoms. The second kappa shape index (κ2) is 8.28. The number of hydrogen-bond acceptors (Lipinski definition) is 4. The predicted octanol–water partition coefficient (Wildman–Crippen LogP) is 1.93. The largest absolute Gasteiger partial charge is 0.416 e. The minimum Gasteiger partial charge on any atom is -0.391 e. The number of aliphatic hydroxyl groups excluding tert-OH is 1. The van der Waals surface area contributed by atoms with Crippen LogP contribution in [0.5, 0.6) is 0 Å². The fraction of sp³-hybridized carbons (Fsp3) is 0.412. The SMILES string of the molecule is Cc1c(C(=O)NCC2CNCC2O)cnn1-c1cccc(C(F)(F)F)c1.Cl. The molecule has 1 aromatic heterocycles. The van der Waals surface area contributed by atoms with Crippen molar-refractivity contribution >= 4 is 18.3 Å². The molecule has 0 aliphatic carbocycles. The number of benzene rings is 1. The third-order valence-electron chi connectivity index (χ3n) is 4.50. The second-order valence-corrected chi connectivity index (χ2v) is 6.30. The number of aliphatic hydroxyl groups is 1. The Morgan fingerprint density at radius 1 is 1.41 bits per heavy atom. The maximum atomic E-state index is 12.9. The maximum Gasteiger partial charge on any atom is 0.416 e. The Morgan fingerprint density at radius 2 is 2.15 bits per heavy atom. The summed E-state index contributed by atoms with van der Waals surface area (Å²) in [4.78, 5) is 12.4. The molecular formula is C17H20ClF3N4O2. The van der Waals surface area contributed by atoms with Gasteiger partial charge in [-0.15, -0.1) is 12.4 Å². The minimum absolute atomic E-state index is 0. The van der Waals surface area contributed by atoms with Crippen LogP contribution in [0.15, 0.2) is 30.5 Å². The first kappa shape index (κ1) is 21.2. The maximum absolute atomic E-state index is 12.9. The predicted molar refractivity (Wildman–Crippen MR) is 95.3 cm³/mol. The highest BCUT2D eigenvalue weighted by Crippen LogP contribution is 2.30. The molecule has 1 saturated heterocycles. The van der Waals surface area contributed by atoms with Crippen LogP contribution in [0.3, 0.4) is 0 Å². The van der Waals surface area contributed by atoms with Crippen molar-refractivity contribution in [1.82, 2.24) is 20.4 Å². The summed E-state index contributed by atoms with van der Waals surface area (Å²) < 4.78 is 39.9. The Balaban J connectivity index is 0.00000261. The molecule has 3 N–H and O–H groups in total. The molecule has 2 unspecified atom stereocenters. The summed E-state index contributed by atoms with van der Waals surface area (Å²) in [6, 6.07) is 4.77. The molecule has 0 spiro atoms. The van der Waals surface area contributed by atoms with Gasteiger partial charge < -0.3 is 15.7 Å². The van der Waals surface area contributed by atoms with Gasteiger partial charge in [-0.1, -0.05) is 6.07 Å². The quantitative estimate of drug-likeness (QED) is 0.727. The van der Waals surface area contributed by atoms with Crippen molar-refractivity contribution in [3.05, 3.63) is 47.3 Å². The van der Waals surface area contributed by atoms with E-state index in [-0.39, 0.29) is 35.5 Å². The molecule has 1 aliphatic heterocycles. The molecule has 27 heavy (non-hydrogen) atoms. The fourth-order valence-corrected chi connectivity index (χ4v) is 2.95. The van der Waals surface area contributed by atoms with Crippen LogP contribution in [0.4, 0.5) is 13.2 Å². The van der Waals surface area contributed by atoms with Gasteiger partial charge in [0.2, 0.25) is 0 Å². The van der Waals surface area contributed by atoms with Crippen molar-refractivity contribution in [2.24, 2.45) is 5.92 Å². The van der Waals surface area contributed by atoms with Crippen molar-refractivity contribution in [2.45, 2.75) is 19.2 Å². The molecule has 2 heterocycles. The van der Waals surface area contributed by atoms with E-state index in [1.54, 1.807) is 6.92 Å². The molecule has 1 aromatic carbocycles. The first-order chi connectivity index (χ1) is 12.3. The molecule has 2 atom stereocenters.